The smallest absolute Gasteiger partial charge is 0.255 e. The number of amides is 2. The Kier molecular flexibility index (Phi) is 6.69. The Bertz CT molecular complexity index is 1470. The van der Waals surface area contributed by atoms with Gasteiger partial charge < -0.3 is 31.8 Å². The Hall–Kier alpha value is -4.51. The van der Waals surface area contributed by atoms with Gasteiger partial charge in [-0.3, -0.25) is 14.6 Å². The van der Waals surface area contributed by atoms with Crippen molar-refractivity contribution in [2.24, 2.45) is 11.5 Å². The maximum Gasteiger partial charge on any atom is 0.255 e. The molecule has 190 valence electrons. The second-order valence-corrected chi connectivity index (χ2v) is 8.99. The molecule has 1 saturated carbocycles. The van der Waals surface area contributed by atoms with Crippen molar-refractivity contribution in [3.8, 4) is 0 Å². The van der Waals surface area contributed by atoms with E-state index < -0.39 is 11.7 Å². The quantitative estimate of drug-likeness (QED) is 0.251. The van der Waals surface area contributed by atoms with Gasteiger partial charge in [0.2, 0.25) is 0 Å². The van der Waals surface area contributed by atoms with E-state index in [-0.39, 0.29) is 35.2 Å². The van der Waals surface area contributed by atoms with E-state index in [9.17, 15) is 14.0 Å². The molecule has 3 aromatic heterocycles. The second kappa shape index (κ2) is 10.2. The van der Waals surface area contributed by atoms with Crippen molar-refractivity contribution in [2.45, 2.75) is 37.8 Å². The summed E-state index contributed by atoms with van der Waals surface area (Å²) in [4.78, 5) is 33.2. The minimum Gasteiger partial charge on any atom is -0.464 e. The number of hydrogen-bond acceptors (Lipinski definition) is 8. The molecular weight excluding hydrogens is 477 g/mol. The van der Waals surface area contributed by atoms with E-state index in [2.05, 4.69) is 25.9 Å². The van der Waals surface area contributed by atoms with E-state index >= 15 is 0 Å². The van der Waals surface area contributed by atoms with Crippen LogP contribution in [0.15, 0.2) is 59.5 Å². The van der Waals surface area contributed by atoms with Crippen LogP contribution >= 0.6 is 0 Å². The van der Waals surface area contributed by atoms with Gasteiger partial charge in [0.15, 0.2) is 11.6 Å². The third-order valence-electron chi connectivity index (χ3n) is 6.36. The molecule has 0 aliphatic heterocycles. The molecule has 5 rings (SSSR count). The lowest BCUT2D eigenvalue weighted by Gasteiger charge is -2.30. The highest BCUT2D eigenvalue weighted by molar-refractivity contribution is 6.06. The molecule has 37 heavy (non-hydrogen) atoms. The first-order chi connectivity index (χ1) is 17.9. The number of rotatable bonds is 7. The van der Waals surface area contributed by atoms with Crippen LogP contribution in [0.3, 0.4) is 0 Å². The number of nitrogens with one attached hydrogen (secondary N) is 3. The zero-order chi connectivity index (χ0) is 25.9. The summed E-state index contributed by atoms with van der Waals surface area (Å²) in [5.41, 5.74) is 13.5. The van der Waals surface area contributed by atoms with E-state index in [1.54, 1.807) is 36.6 Å². The van der Waals surface area contributed by atoms with Crippen LogP contribution in [0.5, 0.6) is 0 Å². The lowest BCUT2D eigenvalue weighted by atomic mass is 9.91. The Balaban J connectivity index is 1.36. The number of primary amides is 1. The number of hydrogen-bond donors (Lipinski definition) is 5. The maximum absolute atomic E-state index is 14.8. The van der Waals surface area contributed by atoms with Crippen LogP contribution in [-0.4, -0.2) is 33.9 Å². The van der Waals surface area contributed by atoms with Gasteiger partial charge >= 0.3 is 0 Å². The van der Waals surface area contributed by atoms with Gasteiger partial charge in [-0.2, -0.15) is 0 Å². The number of nitrogens with zero attached hydrogens (tertiary/aromatic N) is 2. The highest BCUT2D eigenvalue weighted by Crippen LogP contribution is 2.27. The van der Waals surface area contributed by atoms with Gasteiger partial charge in [-0.1, -0.05) is 12.8 Å². The van der Waals surface area contributed by atoms with Crippen LogP contribution < -0.4 is 27.4 Å². The Morgan fingerprint density at radius 3 is 2.65 bits per heavy atom. The number of halogens is 1. The highest BCUT2D eigenvalue weighted by atomic mass is 19.1. The van der Waals surface area contributed by atoms with Gasteiger partial charge in [-0.15, -0.1) is 0 Å². The minimum atomic E-state index is -0.845. The molecule has 1 aromatic carbocycles. The van der Waals surface area contributed by atoms with Crippen molar-refractivity contribution in [1.82, 2.24) is 9.97 Å². The minimum absolute atomic E-state index is 0.0260. The SMILES string of the molecule is NC(=O)c1cc(F)c(NC2CCCC[C@@H]2N)nc1Nc1cncc(NC(=O)c2ccc3occc3c2)c1. The average Bonchev–Trinajstić information content (AvgIpc) is 3.35. The van der Waals surface area contributed by atoms with E-state index in [4.69, 9.17) is 15.9 Å². The van der Waals surface area contributed by atoms with Gasteiger partial charge in [0.1, 0.15) is 11.4 Å². The summed E-state index contributed by atoms with van der Waals surface area (Å²) in [5, 5.41) is 9.64. The predicted octanol–water partition coefficient (Wildman–Crippen LogP) is 4.14. The Morgan fingerprint density at radius 1 is 1.03 bits per heavy atom. The molecule has 1 aliphatic carbocycles. The van der Waals surface area contributed by atoms with Crippen LogP contribution in [-0.2, 0) is 0 Å². The molecule has 0 bridgehead atoms. The summed E-state index contributed by atoms with van der Waals surface area (Å²) in [7, 11) is 0. The van der Waals surface area contributed by atoms with Gasteiger partial charge in [0.05, 0.1) is 35.6 Å². The van der Waals surface area contributed by atoms with E-state index in [1.165, 1.54) is 12.4 Å². The number of pyridine rings is 2. The number of benzene rings is 1. The molecule has 2 atom stereocenters. The largest absolute Gasteiger partial charge is 0.464 e. The van der Waals surface area contributed by atoms with Crippen molar-refractivity contribution < 1.29 is 18.4 Å². The van der Waals surface area contributed by atoms with Crippen LogP contribution in [0.4, 0.5) is 27.4 Å². The molecule has 1 unspecified atom stereocenters. The van der Waals surface area contributed by atoms with E-state index in [0.29, 0.717) is 22.5 Å². The van der Waals surface area contributed by atoms with Gasteiger partial charge in [0, 0.05) is 23.0 Å². The molecule has 1 aliphatic rings. The van der Waals surface area contributed by atoms with Crippen LogP contribution in [0.2, 0.25) is 0 Å². The molecule has 10 nitrogen and oxygen atoms in total. The molecule has 0 radical (unpaired) electrons. The van der Waals surface area contributed by atoms with E-state index in [0.717, 1.165) is 37.1 Å². The maximum atomic E-state index is 14.8. The summed E-state index contributed by atoms with van der Waals surface area (Å²) in [6, 6.07) is 9.27. The number of anilines is 4. The number of nitrogens with two attached hydrogens (primary N) is 2. The molecule has 3 heterocycles. The lowest BCUT2D eigenvalue weighted by Crippen LogP contribution is -2.43. The van der Waals surface area contributed by atoms with Gasteiger partial charge in [-0.25, -0.2) is 9.37 Å². The summed E-state index contributed by atoms with van der Waals surface area (Å²) < 4.78 is 20.1. The number of carbonyl (C=O) groups is 2. The molecule has 1 fully saturated rings. The molecule has 0 saturated heterocycles. The van der Waals surface area contributed by atoms with Crippen LogP contribution in [0.25, 0.3) is 11.0 Å². The molecule has 2 amide bonds. The number of fused-ring (bicyclic) bond motifs is 1. The van der Waals surface area contributed by atoms with Gasteiger partial charge in [0.25, 0.3) is 11.8 Å². The number of furan rings is 1. The standard InChI is InChI=1S/C26H26FN7O3/c27-19-11-18(23(29)35)24(34-25(19)33-21-4-2-1-3-20(21)28)31-16-10-17(13-30-12-16)32-26(36)15-5-6-22-14(9-15)7-8-37-22/h5-13,20-21H,1-4,28H2,(H2,29,35)(H,32,36)(H2,31,33,34)/t20-,21?/m0/s1. The zero-order valence-electron chi connectivity index (χ0n) is 19.8. The Morgan fingerprint density at radius 2 is 1.84 bits per heavy atom. The highest BCUT2D eigenvalue weighted by Gasteiger charge is 2.24. The van der Waals surface area contributed by atoms with Crippen molar-refractivity contribution in [1.29, 1.82) is 0 Å². The fraction of sp³-hybridized carbons (Fsp3) is 0.231. The summed E-state index contributed by atoms with van der Waals surface area (Å²) in [6.07, 6.45) is 8.15. The zero-order valence-corrected chi connectivity index (χ0v) is 19.8. The van der Waals surface area contributed by atoms with Crippen LogP contribution in [0, 0.1) is 5.82 Å². The topological polar surface area (TPSA) is 161 Å². The molecular formula is C26H26FN7O3. The molecule has 0 spiro atoms. The van der Waals surface area contributed by atoms with Crippen molar-refractivity contribution in [3.63, 3.8) is 0 Å². The lowest BCUT2D eigenvalue weighted by molar-refractivity contribution is 0.0997. The monoisotopic (exact) mass is 503 g/mol. The second-order valence-electron chi connectivity index (χ2n) is 8.99. The predicted molar refractivity (Wildman–Crippen MR) is 138 cm³/mol. The van der Waals surface area contributed by atoms with Gasteiger partial charge in [-0.05, 0) is 49.2 Å². The van der Waals surface area contributed by atoms with Crippen molar-refractivity contribution in [3.05, 3.63) is 72.0 Å². The average molecular weight is 504 g/mol. The van der Waals surface area contributed by atoms with E-state index in [1.807, 2.05) is 0 Å². The number of carbonyl (C=O) groups excluding carboxylic acids is 2. The molecule has 7 N–H and O–H groups in total. The Labute approximate surface area is 211 Å². The summed E-state index contributed by atoms with van der Waals surface area (Å²) >= 11 is 0. The first-order valence-corrected chi connectivity index (χ1v) is 11.9. The summed E-state index contributed by atoms with van der Waals surface area (Å²) in [5.74, 6) is -1.86. The third-order valence-corrected chi connectivity index (χ3v) is 6.36. The summed E-state index contributed by atoms with van der Waals surface area (Å²) in [6.45, 7) is 0. The first-order valence-electron chi connectivity index (χ1n) is 11.9. The normalized spacial score (nSPS) is 17.4. The number of aromatic nitrogens is 2. The first kappa shape index (κ1) is 24.2. The third kappa shape index (κ3) is 5.36. The van der Waals surface area contributed by atoms with Crippen molar-refractivity contribution in [2.75, 3.05) is 16.0 Å². The van der Waals surface area contributed by atoms with Crippen LogP contribution in [0.1, 0.15) is 46.4 Å². The molecule has 11 heteroatoms. The fourth-order valence-corrected chi connectivity index (χ4v) is 4.41. The fourth-order valence-electron chi connectivity index (χ4n) is 4.41. The van der Waals surface area contributed by atoms with Crippen molar-refractivity contribution >= 4 is 45.8 Å². The molecule has 4 aromatic rings.